The molecule has 0 spiro atoms. The third-order valence-corrected chi connectivity index (χ3v) is 5.44. The molecule has 1 N–H and O–H groups in total. The van der Waals surface area contributed by atoms with Crippen LogP contribution in [-0.4, -0.2) is 26.4 Å². The molecule has 0 aliphatic heterocycles. The minimum absolute atomic E-state index is 0.0464. The first-order valence-corrected chi connectivity index (χ1v) is 9.80. The maximum atomic E-state index is 12.4. The first-order valence-electron chi connectivity index (χ1n) is 8.82. The van der Waals surface area contributed by atoms with Crippen molar-refractivity contribution < 1.29 is 4.79 Å². The second-order valence-corrected chi connectivity index (χ2v) is 7.78. The summed E-state index contributed by atoms with van der Waals surface area (Å²) in [6, 6.07) is 12.3. The largest absolute Gasteiger partial charge is 0.325 e. The van der Waals surface area contributed by atoms with Gasteiger partial charge in [0.15, 0.2) is 11.0 Å². The molecule has 5 nitrogen and oxygen atoms in total. The van der Waals surface area contributed by atoms with Crippen molar-refractivity contribution in [1.29, 1.82) is 0 Å². The SMILES string of the molecule is Cc1ccc(-c2nnc(SCC(=O)Nc3c(C)cc(C)cc3C)n2C)cc1. The summed E-state index contributed by atoms with van der Waals surface area (Å²) in [6.45, 7) is 8.14. The number of nitrogens with zero attached hydrogens (tertiary/aromatic N) is 3. The van der Waals surface area contributed by atoms with Crippen LogP contribution in [-0.2, 0) is 11.8 Å². The Morgan fingerprint density at radius 2 is 1.63 bits per heavy atom. The van der Waals surface area contributed by atoms with Crippen molar-refractivity contribution in [3.63, 3.8) is 0 Å². The number of rotatable bonds is 5. The van der Waals surface area contributed by atoms with E-state index < -0.39 is 0 Å². The number of nitrogens with one attached hydrogen (secondary N) is 1. The van der Waals surface area contributed by atoms with Gasteiger partial charge in [-0.15, -0.1) is 10.2 Å². The number of benzene rings is 2. The summed E-state index contributed by atoms with van der Waals surface area (Å²) >= 11 is 1.39. The van der Waals surface area contributed by atoms with Gasteiger partial charge in [-0.2, -0.15) is 0 Å². The van der Waals surface area contributed by atoms with Gasteiger partial charge in [-0.05, 0) is 38.8 Å². The summed E-state index contributed by atoms with van der Waals surface area (Å²) in [7, 11) is 1.92. The summed E-state index contributed by atoms with van der Waals surface area (Å²) in [4.78, 5) is 12.4. The normalized spacial score (nSPS) is 10.9. The molecule has 3 aromatic rings. The highest BCUT2D eigenvalue weighted by atomic mass is 32.2. The first kappa shape index (κ1) is 19.2. The van der Waals surface area contributed by atoms with Crippen LogP contribution in [0.3, 0.4) is 0 Å². The Hall–Kier alpha value is -2.60. The fraction of sp³-hybridized carbons (Fsp3) is 0.286. The van der Waals surface area contributed by atoms with Gasteiger partial charge in [0.05, 0.1) is 5.75 Å². The Morgan fingerprint density at radius 1 is 1.00 bits per heavy atom. The molecule has 1 aromatic heterocycles. The molecule has 6 heteroatoms. The number of aromatic nitrogens is 3. The second kappa shape index (κ2) is 7.96. The Bertz CT molecular complexity index is 953. The number of hydrogen-bond donors (Lipinski definition) is 1. The van der Waals surface area contributed by atoms with Crippen LogP contribution in [0.1, 0.15) is 22.3 Å². The van der Waals surface area contributed by atoms with Gasteiger partial charge in [0, 0.05) is 18.3 Å². The second-order valence-electron chi connectivity index (χ2n) is 6.84. The van der Waals surface area contributed by atoms with Crippen molar-refractivity contribution >= 4 is 23.4 Å². The summed E-state index contributed by atoms with van der Waals surface area (Å²) in [5.41, 5.74) is 6.45. The van der Waals surface area contributed by atoms with E-state index in [1.165, 1.54) is 22.9 Å². The van der Waals surface area contributed by atoms with Gasteiger partial charge in [0.2, 0.25) is 5.91 Å². The lowest BCUT2D eigenvalue weighted by Crippen LogP contribution is -2.16. The maximum absolute atomic E-state index is 12.4. The van der Waals surface area contributed by atoms with Crippen LogP contribution in [0.5, 0.6) is 0 Å². The first-order chi connectivity index (χ1) is 12.8. The molecule has 0 unspecified atom stereocenters. The lowest BCUT2D eigenvalue weighted by atomic mass is 10.1. The van der Waals surface area contributed by atoms with Crippen LogP contribution < -0.4 is 5.32 Å². The topological polar surface area (TPSA) is 59.8 Å². The van der Waals surface area contributed by atoms with Gasteiger partial charge in [0.25, 0.3) is 0 Å². The summed E-state index contributed by atoms with van der Waals surface area (Å²) in [6.07, 6.45) is 0. The molecular formula is C21H24N4OS. The van der Waals surface area contributed by atoms with E-state index in [1.807, 2.05) is 37.6 Å². The number of hydrogen-bond acceptors (Lipinski definition) is 4. The van der Waals surface area contributed by atoms with Crippen LogP contribution >= 0.6 is 11.8 Å². The van der Waals surface area contributed by atoms with E-state index in [0.717, 1.165) is 33.4 Å². The molecular weight excluding hydrogens is 356 g/mol. The molecule has 0 bridgehead atoms. The summed E-state index contributed by atoms with van der Waals surface area (Å²) in [5, 5.41) is 12.3. The smallest absolute Gasteiger partial charge is 0.234 e. The third kappa shape index (κ3) is 4.39. The monoisotopic (exact) mass is 380 g/mol. The van der Waals surface area contributed by atoms with E-state index in [1.54, 1.807) is 0 Å². The van der Waals surface area contributed by atoms with E-state index >= 15 is 0 Å². The molecule has 0 atom stereocenters. The molecule has 0 saturated heterocycles. The van der Waals surface area contributed by atoms with Crippen LogP contribution in [0.25, 0.3) is 11.4 Å². The highest BCUT2D eigenvalue weighted by Gasteiger charge is 2.14. The minimum atomic E-state index is -0.0464. The number of carbonyl (C=O) groups excluding carboxylic acids is 1. The molecule has 0 aliphatic rings. The molecule has 1 amide bonds. The van der Waals surface area contributed by atoms with Crippen molar-refractivity contribution in [2.45, 2.75) is 32.9 Å². The molecule has 0 fully saturated rings. The zero-order valence-electron chi connectivity index (χ0n) is 16.3. The average Bonchev–Trinajstić information content (AvgIpc) is 2.98. The number of thioether (sulfide) groups is 1. The van der Waals surface area contributed by atoms with Crippen molar-refractivity contribution in [3.05, 3.63) is 58.7 Å². The van der Waals surface area contributed by atoms with Gasteiger partial charge in [-0.3, -0.25) is 4.79 Å². The zero-order valence-corrected chi connectivity index (χ0v) is 17.1. The van der Waals surface area contributed by atoms with Crippen molar-refractivity contribution in [2.24, 2.45) is 7.05 Å². The van der Waals surface area contributed by atoms with Crippen molar-refractivity contribution in [3.8, 4) is 11.4 Å². The Morgan fingerprint density at radius 3 is 2.26 bits per heavy atom. The Balaban J connectivity index is 1.67. The van der Waals surface area contributed by atoms with Gasteiger partial charge >= 0.3 is 0 Å². The Kier molecular flexibility index (Phi) is 5.65. The predicted octanol–water partition coefficient (Wildman–Crippen LogP) is 4.45. The van der Waals surface area contributed by atoms with E-state index in [9.17, 15) is 4.79 Å². The fourth-order valence-corrected chi connectivity index (χ4v) is 3.79. The zero-order chi connectivity index (χ0) is 19.6. The molecule has 3 rings (SSSR count). The summed E-state index contributed by atoms with van der Waals surface area (Å²) < 4.78 is 1.92. The van der Waals surface area contributed by atoms with Gasteiger partial charge in [-0.1, -0.05) is 59.3 Å². The predicted molar refractivity (Wildman–Crippen MR) is 111 cm³/mol. The van der Waals surface area contributed by atoms with Crippen LogP contribution in [0.15, 0.2) is 41.6 Å². The number of aryl methyl sites for hydroxylation is 4. The van der Waals surface area contributed by atoms with Crippen molar-refractivity contribution in [2.75, 3.05) is 11.1 Å². The van der Waals surface area contributed by atoms with Gasteiger partial charge in [-0.25, -0.2) is 0 Å². The average molecular weight is 381 g/mol. The van der Waals surface area contributed by atoms with E-state index in [2.05, 4.69) is 53.6 Å². The number of amides is 1. The van der Waals surface area contributed by atoms with E-state index in [4.69, 9.17) is 0 Å². The van der Waals surface area contributed by atoms with E-state index in [0.29, 0.717) is 0 Å². The molecule has 140 valence electrons. The minimum Gasteiger partial charge on any atom is -0.325 e. The highest BCUT2D eigenvalue weighted by Crippen LogP contribution is 2.25. The molecule has 27 heavy (non-hydrogen) atoms. The van der Waals surface area contributed by atoms with Gasteiger partial charge < -0.3 is 9.88 Å². The van der Waals surface area contributed by atoms with Crippen LogP contribution in [0.2, 0.25) is 0 Å². The maximum Gasteiger partial charge on any atom is 0.234 e. The quantitative estimate of drug-likeness (QED) is 0.665. The Labute approximate surface area is 164 Å². The van der Waals surface area contributed by atoms with Crippen molar-refractivity contribution in [1.82, 2.24) is 14.8 Å². The van der Waals surface area contributed by atoms with Gasteiger partial charge in [0.1, 0.15) is 0 Å². The lowest BCUT2D eigenvalue weighted by Gasteiger charge is -2.12. The van der Waals surface area contributed by atoms with Crippen LogP contribution in [0.4, 0.5) is 5.69 Å². The fourth-order valence-electron chi connectivity index (χ4n) is 3.08. The number of carbonyl (C=O) groups is 1. The highest BCUT2D eigenvalue weighted by molar-refractivity contribution is 7.99. The molecule has 0 aliphatic carbocycles. The lowest BCUT2D eigenvalue weighted by molar-refractivity contribution is -0.113. The summed E-state index contributed by atoms with van der Waals surface area (Å²) in [5.74, 6) is 1.03. The molecule has 2 aromatic carbocycles. The third-order valence-electron chi connectivity index (χ3n) is 4.42. The molecule has 0 saturated carbocycles. The molecule has 0 radical (unpaired) electrons. The number of anilines is 1. The molecule has 1 heterocycles. The van der Waals surface area contributed by atoms with Crippen LogP contribution in [0, 0.1) is 27.7 Å². The standard InChI is InChI=1S/C21H24N4OS/c1-13-6-8-17(9-7-13)20-23-24-21(25(20)5)27-12-18(26)22-19-15(3)10-14(2)11-16(19)4/h6-11H,12H2,1-5H3,(H,22,26). The van der Waals surface area contributed by atoms with E-state index in [-0.39, 0.29) is 11.7 Å².